The third kappa shape index (κ3) is 4.23. The number of nitrogens with zero attached hydrogens (tertiary/aromatic N) is 4. The van der Waals surface area contributed by atoms with Crippen LogP contribution in [0.2, 0.25) is 0 Å². The van der Waals surface area contributed by atoms with Gasteiger partial charge in [0.2, 0.25) is 0 Å². The third-order valence-corrected chi connectivity index (χ3v) is 8.27. The molecule has 4 heteroatoms. The Hall–Kier alpha value is -4.96. The van der Waals surface area contributed by atoms with E-state index in [1.165, 1.54) is 33.4 Å². The molecule has 4 aromatic heterocycles. The Balaban J connectivity index is 1.32. The van der Waals surface area contributed by atoms with E-state index in [1.54, 1.807) is 0 Å². The van der Waals surface area contributed by atoms with Crippen molar-refractivity contribution in [1.82, 2.24) is 19.9 Å². The minimum atomic E-state index is -0.174. The smallest absolute Gasteiger partial charge is 0.0893 e. The van der Waals surface area contributed by atoms with Crippen molar-refractivity contribution in [2.24, 2.45) is 0 Å². The molecule has 1 aliphatic rings. The fraction of sp³-hybridized carbons (Fsp3) is 0.135. The second kappa shape index (κ2) is 9.60. The number of hydrogen-bond acceptors (Lipinski definition) is 4. The normalized spacial score (nSPS) is 13.1. The Kier molecular flexibility index (Phi) is 5.86. The van der Waals surface area contributed by atoms with Gasteiger partial charge in [0.05, 0.1) is 34.2 Å². The summed E-state index contributed by atoms with van der Waals surface area (Å²) in [5.74, 6) is 0. The SMILES string of the molecule is Cc1cc2c(cc1-c1cccc(-c3ccccn3)n1)C(C)(C)c1cc(-c3cccc(-c4ccccn4)n3)c(C)cc1-2. The Labute approximate surface area is 240 Å². The summed E-state index contributed by atoms with van der Waals surface area (Å²) < 4.78 is 0. The lowest BCUT2D eigenvalue weighted by Gasteiger charge is -2.23. The highest BCUT2D eigenvalue weighted by Crippen LogP contribution is 2.52. The zero-order valence-corrected chi connectivity index (χ0v) is 23.7. The van der Waals surface area contributed by atoms with Crippen molar-refractivity contribution >= 4 is 0 Å². The van der Waals surface area contributed by atoms with Gasteiger partial charge in [-0.3, -0.25) is 9.97 Å². The van der Waals surface area contributed by atoms with E-state index < -0.39 is 0 Å². The molecule has 4 nitrogen and oxygen atoms in total. The van der Waals surface area contributed by atoms with Crippen LogP contribution in [0.5, 0.6) is 0 Å². The van der Waals surface area contributed by atoms with Gasteiger partial charge in [-0.1, -0.05) is 50.2 Å². The first-order valence-electron chi connectivity index (χ1n) is 14.0. The van der Waals surface area contributed by atoms with Gasteiger partial charge in [0.15, 0.2) is 0 Å². The van der Waals surface area contributed by atoms with Crippen LogP contribution in [-0.4, -0.2) is 19.9 Å². The lowest BCUT2D eigenvalue weighted by molar-refractivity contribution is 0.660. The fourth-order valence-electron chi connectivity index (χ4n) is 6.08. The number of rotatable bonds is 4. The summed E-state index contributed by atoms with van der Waals surface area (Å²) in [6.45, 7) is 9.02. The monoisotopic (exact) mass is 530 g/mol. The van der Waals surface area contributed by atoms with Gasteiger partial charge >= 0.3 is 0 Å². The van der Waals surface area contributed by atoms with Crippen LogP contribution in [0.25, 0.3) is 56.4 Å². The van der Waals surface area contributed by atoms with Gasteiger partial charge in [-0.15, -0.1) is 0 Å². The number of benzene rings is 2. The maximum Gasteiger partial charge on any atom is 0.0893 e. The quantitative estimate of drug-likeness (QED) is 0.228. The highest BCUT2D eigenvalue weighted by molar-refractivity contribution is 5.87. The highest BCUT2D eigenvalue weighted by Gasteiger charge is 2.37. The lowest BCUT2D eigenvalue weighted by Crippen LogP contribution is -2.15. The number of pyridine rings is 4. The Morgan fingerprint density at radius 3 is 1.27 bits per heavy atom. The summed E-state index contributed by atoms with van der Waals surface area (Å²) in [5.41, 5.74) is 15.3. The number of hydrogen-bond donors (Lipinski definition) is 0. The van der Waals surface area contributed by atoms with Crippen molar-refractivity contribution in [3.05, 3.63) is 132 Å². The van der Waals surface area contributed by atoms with Crippen LogP contribution in [0, 0.1) is 13.8 Å². The predicted molar refractivity (Wildman–Crippen MR) is 166 cm³/mol. The molecule has 0 aliphatic heterocycles. The van der Waals surface area contributed by atoms with Crippen molar-refractivity contribution in [2.75, 3.05) is 0 Å². The van der Waals surface area contributed by atoms with Gasteiger partial charge in [-0.2, -0.15) is 0 Å². The Morgan fingerprint density at radius 1 is 0.439 bits per heavy atom. The van der Waals surface area contributed by atoms with E-state index in [1.807, 2.05) is 60.9 Å². The first kappa shape index (κ1) is 25.0. The average molecular weight is 531 g/mol. The highest BCUT2D eigenvalue weighted by atomic mass is 14.8. The van der Waals surface area contributed by atoms with E-state index in [2.05, 4.69) is 86.2 Å². The molecule has 198 valence electrons. The van der Waals surface area contributed by atoms with Crippen LogP contribution in [0.3, 0.4) is 0 Å². The maximum atomic E-state index is 5.02. The molecule has 41 heavy (non-hydrogen) atoms. The first-order valence-corrected chi connectivity index (χ1v) is 14.0. The maximum absolute atomic E-state index is 5.02. The molecule has 4 heterocycles. The van der Waals surface area contributed by atoms with Gasteiger partial charge in [0.1, 0.15) is 0 Å². The van der Waals surface area contributed by atoms with Crippen molar-refractivity contribution in [3.63, 3.8) is 0 Å². The summed E-state index contributed by atoms with van der Waals surface area (Å²) in [6.07, 6.45) is 3.62. The van der Waals surface area contributed by atoms with Crippen LogP contribution in [-0.2, 0) is 5.41 Å². The van der Waals surface area contributed by atoms with Crippen LogP contribution in [0.4, 0.5) is 0 Å². The van der Waals surface area contributed by atoms with E-state index in [9.17, 15) is 0 Å². The van der Waals surface area contributed by atoms with Crippen LogP contribution < -0.4 is 0 Å². The molecule has 1 aliphatic carbocycles. The lowest BCUT2D eigenvalue weighted by atomic mass is 9.80. The van der Waals surface area contributed by atoms with E-state index in [4.69, 9.17) is 9.97 Å². The van der Waals surface area contributed by atoms with Crippen molar-refractivity contribution in [3.8, 4) is 56.4 Å². The second-order valence-electron chi connectivity index (χ2n) is 11.3. The Morgan fingerprint density at radius 2 is 0.854 bits per heavy atom. The van der Waals surface area contributed by atoms with Crippen LogP contribution in [0.15, 0.2) is 109 Å². The molecule has 0 saturated carbocycles. The van der Waals surface area contributed by atoms with Crippen molar-refractivity contribution in [2.45, 2.75) is 33.1 Å². The zero-order valence-electron chi connectivity index (χ0n) is 23.7. The molecular formula is C37H30N4. The molecule has 0 radical (unpaired) electrons. The summed E-state index contributed by atoms with van der Waals surface area (Å²) in [5, 5.41) is 0. The minimum Gasteiger partial charge on any atom is -0.255 e. The average Bonchev–Trinajstić information content (AvgIpc) is 3.21. The van der Waals surface area contributed by atoms with Crippen molar-refractivity contribution < 1.29 is 0 Å². The molecule has 2 aromatic carbocycles. The predicted octanol–water partition coefficient (Wildman–Crippen LogP) is 8.86. The molecule has 0 amide bonds. The molecule has 0 N–H and O–H groups in total. The van der Waals surface area contributed by atoms with Gasteiger partial charge in [0, 0.05) is 28.9 Å². The minimum absolute atomic E-state index is 0.174. The zero-order chi connectivity index (χ0) is 28.1. The van der Waals surface area contributed by atoms with Gasteiger partial charge < -0.3 is 0 Å². The number of fused-ring (bicyclic) bond motifs is 3. The standard InChI is InChI=1S/C37H30N4/c1-23-19-27-28-20-24(2)26(32-14-10-16-36(41-32)34-12-6-8-18-39-34)22-30(28)37(3,4)29(27)21-25(23)31-13-9-15-35(40-31)33-11-5-7-17-38-33/h5-22H,1-4H3. The fourth-order valence-corrected chi connectivity index (χ4v) is 6.08. The molecule has 0 bridgehead atoms. The van der Waals surface area contributed by atoms with E-state index in [0.717, 1.165) is 45.3 Å². The molecule has 6 aromatic rings. The topological polar surface area (TPSA) is 51.6 Å². The third-order valence-electron chi connectivity index (χ3n) is 8.27. The molecule has 0 atom stereocenters. The second-order valence-corrected chi connectivity index (χ2v) is 11.3. The summed E-state index contributed by atoms with van der Waals surface area (Å²) in [4.78, 5) is 19.1. The Bertz CT molecular complexity index is 1780. The van der Waals surface area contributed by atoms with Gasteiger partial charge in [0.25, 0.3) is 0 Å². The van der Waals surface area contributed by atoms with Crippen LogP contribution >= 0.6 is 0 Å². The number of aryl methyl sites for hydroxylation is 2. The molecule has 0 unspecified atom stereocenters. The summed E-state index contributed by atoms with van der Waals surface area (Å²) in [7, 11) is 0. The van der Waals surface area contributed by atoms with E-state index in [-0.39, 0.29) is 5.41 Å². The van der Waals surface area contributed by atoms with E-state index >= 15 is 0 Å². The number of aromatic nitrogens is 4. The molecule has 0 spiro atoms. The first-order chi connectivity index (χ1) is 19.9. The molecule has 7 rings (SSSR count). The summed E-state index contributed by atoms with van der Waals surface area (Å²) in [6, 6.07) is 33.6. The largest absolute Gasteiger partial charge is 0.255 e. The molecule has 0 fully saturated rings. The van der Waals surface area contributed by atoms with Gasteiger partial charge in [-0.05, 0) is 108 Å². The van der Waals surface area contributed by atoms with E-state index in [0.29, 0.717) is 0 Å². The van der Waals surface area contributed by atoms with Crippen molar-refractivity contribution in [1.29, 1.82) is 0 Å². The van der Waals surface area contributed by atoms with Crippen LogP contribution in [0.1, 0.15) is 36.1 Å². The molecule has 0 saturated heterocycles. The van der Waals surface area contributed by atoms with Gasteiger partial charge in [-0.25, -0.2) is 9.97 Å². The summed E-state index contributed by atoms with van der Waals surface area (Å²) >= 11 is 0. The molecular weight excluding hydrogens is 500 g/mol.